The first-order chi connectivity index (χ1) is 16.5. The van der Waals surface area contributed by atoms with Crippen molar-refractivity contribution in [2.75, 3.05) is 19.5 Å². The Morgan fingerprint density at radius 3 is 2.54 bits per heavy atom. The summed E-state index contributed by atoms with van der Waals surface area (Å²) in [5.74, 6) is 0.559. The van der Waals surface area contributed by atoms with Gasteiger partial charge in [-0.2, -0.15) is 14.6 Å². The number of nitriles is 1. The van der Waals surface area contributed by atoms with Crippen molar-refractivity contribution in [3.63, 3.8) is 0 Å². The zero-order valence-corrected chi connectivity index (χ0v) is 21.7. The molecule has 0 unspecified atom stereocenters. The number of nitrogens with zero attached hydrogens (tertiary/aromatic N) is 4. The number of ether oxygens (including phenoxy) is 2. The van der Waals surface area contributed by atoms with E-state index in [4.69, 9.17) is 9.47 Å². The van der Waals surface area contributed by atoms with Crippen molar-refractivity contribution in [2.45, 2.75) is 38.1 Å². The van der Waals surface area contributed by atoms with Gasteiger partial charge in [0.25, 0.3) is 11.1 Å². The van der Waals surface area contributed by atoms with Gasteiger partial charge in [-0.15, -0.1) is 0 Å². The molecule has 1 amide bonds. The number of methoxy groups -OCH3 is 2. The molecule has 0 fully saturated rings. The zero-order valence-electron chi connectivity index (χ0n) is 20.1. The van der Waals surface area contributed by atoms with Crippen LogP contribution in [-0.2, 0) is 14.6 Å². The van der Waals surface area contributed by atoms with Gasteiger partial charge in [0.1, 0.15) is 23.1 Å². The Bertz CT molecular complexity index is 1450. The molecule has 0 saturated carbocycles. The molecule has 2 aromatic heterocycles. The second kappa shape index (κ2) is 10.3. The van der Waals surface area contributed by atoms with E-state index < -0.39 is 21.0 Å². The van der Waals surface area contributed by atoms with Gasteiger partial charge in [-0.05, 0) is 57.5 Å². The van der Waals surface area contributed by atoms with E-state index in [2.05, 4.69) is 14.7 Å². The van der Waals surface area contributed by atoms with Gasteiger partial charge in [0.15, 0.2) is 0 Å². The maximum Gasteiger partial charge on any atom is 0.268 e. The summed E-state index contributed by atoms with van der Waals surface area (Å²) >= 11 is 0.732. The second-order valence-corrected chi connectivity index (χ2v) is 10.9. The van der Waals surface area contributed by atoms with Gasteiger partial charge in [0, 0.05) is 29.0 Å². The first-order valence-corrected chi connectivity index (χ1v) is 12.8. The van der Waals surface area contributed by atoms with Gasteiger partial charge < -0.3 is 14.0 Å². The summed E-state index contributed by atoms with van der Waals surface area (Å²) in [5.41, 5.74) is 2.85. The summed E-state index contributed by atoms with van der Waals surface area (Å²) in [7, 11) is -0.527. The highest BCUT2D eigenvalue weighted by molar-refractivity contribution is 7.91. The molecular weight excluding hydrogens is 490 g/mol. The maximum atomic E-state index is 12.7. The Balaban J connectivity index is 1.94. The lowest BCUT2D eigenvalue weighted by molar-refractivity contribution is -0.112. The van der Waals surface area contributed by atoms with E-state index >= 15 is 0 Å². The van der Waals surface area contributed by atoms with Crippen LogP contribution in [0.1, 0.15) is 30.8 Å². The number of hydrogen-bond acceptors (Lipinski definition) is 9. The first kappa shape index (κ1) is 25.9. The molecule has 35 heavy (non-hydrogen) atoms. The largest absolute Gasteiger partial charge is 0.497 e. The molecule has 0 aliphatic heterocycles. The van der Waals surface area contributed by atoms with Crippen molar-refractivity contribution >= 4 is 38.5 Å². The van der Waals surface area contributed by atoms with Gasteiger partial charge in [0.2, 0.25) is 15.0 Å². The normalized spacial score (nSPS) is 11.9. The predicted molar refractivity (Wildman–Crippen MR) is 133 cm³/mol. The molecule has 0 bridgehead atoms. The average Bonchev–Trinajstić information content (AvgIpc) is 3.40. The number of carbonyl (C=O) groups excluding carboxylic acids is 1. The van der Waals surface area contributed by atoms with Crippen LogP contribution in [0.15, 0.2) is 35.0 Å². The van der Waals surface area contributed by atoms with E-state index in [1.54, 1.807) is 26.4 Å². The number of anilines is 1. The van der Waals surface area contributed by atoms with Crippen molar-refractivity contribution in [3.8, 4) is 23.3 Å². The second-order valence-electron chi connectivity index (χ2n) is 7.80. The van der Waals surface area contributed by atoms with Crippen molar-refractivity contribution in [3.05, 3.63) is 46.8 Å². The topological polar surface area (TPSA) is 136 Å². The third kappa shape index (κ3) is 5.21. The lowest BCUT2D eigenvalue weighted by Crippen LogP contribution is -2.16. The number of amides is 1. The highest BCUT2D eigenvalue weighted by atomic mass is 32.2. The fourth-order valence-corrected chi connectivity index (χ4v) is 5.03. The highest BCUT2D eigenvalue weighted by Crippen LogP contribution is 2.32. The van der Waals surface area contributed by atoms with Crippen molar-refractivity contribution < 1.29 is 22.7 Å². The molecule has 0 aliphatic carbocycles. The Morgan fingerprint density at radius 1 is 1.23 bits per heavy atom. The third-order valence-electron chi connectivity index (χ3n) is 5.27. The average molecular weight is 516 g/mol. The van der Waals surface area contributed by atoms with Gasteiger partial charge in [-0.25, -0.2) is 8.42 Å². The monoisotopic (exact) mass is 515 g/mol. The van der Waals surface area contributed by atoms with Crippen LogP contribution >= 0.6 is 11.5 Å². The van der Waals surface area contributed by atoms with Gasteiger partial charge >= 0.3 is 0 Å². The molecular formula is C23H25N5O5S2. The SMILES string of the molecule is COc1ccc(OC)c(-n2c(C)cc(C=C(C#N)C(=O)Nc3nc(S(=O)(=O)C(C)C)ns3)c2C)c1. The lowest BCUT2D eigenvalue weighted by atomic mass is 10.1. The van der Waals surface area contributed by atoms with E-state index in [0.717, 1.165) is 28.6 Å². The Labute approximate surface area is 207 Å². The van der Waals surface area contributed by atoms with Crippen LogP contribution in [0.5, 0.6) is 11.5 Å². The van der Waals surface area contributed by atoms with Crippen molar-refractivity contribution in [1.29, 1.82) is 5.26 Å². The molecule has 1 aromatic carbocycles. The van der Waals surface area contributed by atoms with Gasteiger partial charge in [-0.1, -0.05) is 0 Å². The summed E-state index contributed by atoms with van der Waals surface area (Å²) in [6.45, 7) is 6.79. The number of carbonyl (C=O) groups is 1. The summed E-state index contributed by atoms with van der Waals surface area (Å²) in [4.78, 5) is 16.6. The molecule has 10 nitrogen and oxygen atoms in total. The molecule has 0 atom stereocenters. The summed E-state index contributed by atoms with van der Waals surface area (Å²) < 4.78 is 41.1. The number of benzene rings is 1. The highest BCUT2D eigenvalue weighted by Gasteiger charge is 2.25. The van der Waals surface area contributed by atoms with Crippen LogP contribution in [0.25, 0.3) is 11.8 Å². The maximum absolute atomic E-state index is 12.7. The van der Waals surface area contributed by atoms with Crippen LogP contribution in [-0.4, -0.2) is 47.7 Å². The molecule has 0 radical (unpaired) electrons. The van der Waals surface area contributed by atoms with Crippen LogP contribution in [0, 0.1) is 25.2 Å². The first-order valence-electron chi connectivity index (χ1n) is 10.5. The fraction of sp³-hybridized carbons (Fsp3) is 0.304. The van der Waals surface area contributed by atoms with Crippen LogP contribution in [0.4, 0.5) is 5.13 Å². The molecule has 2 heterocycles. The predicted octanol–water partition coefficient (Wildman–Crippen LogP) is 3.69. The van der Waals surface area contributed by atoms with E-state index in [0.29, 0.717) is 17.1 Å². The number of nitrogens with one attached hydrogen (secondary N) is 1. The van der Waals surface area contributed by atoms with Gasteiger partial charge in [-0.3, -0.25) is 10.1 Å². The minimum Gasteiger partial charge on any atom is -0.497 e. The molecule has 3 aromatic rings. The molecule has 0 spiro atoms. The summed E-state index contributed by atoms with van der Waals surface area (Å²) in [5, 5.41) is 11.0. The van der Waals surface area contributed by atoms with E-state index in [1.165, 1.54) is 19.9 Å². The molecule has 0 aliphatic rings. The Hall–Kier alpha value is -3.69. The van der Waals surface area contributed by atoms with Gasteiger partial charge in [0.05, 0.1) is 25.2 Å². The number of aryl methyl sites for hydroxylation is 1. The van der Waals surface area contributed by atoms with Crippen LogP contribution < -0.4 is 14.8 Å². The fourth-order valence-electron chi connectivity index (χ4n) is 3.33. The minimum absolute atomic E-state index is 0.0121. The van der Waals surface area contributed by atoms with E-state index in [1.807, 2.05) is 36.6 Å². The molecule has 1 N–H and O–H groups in total. The quantitative estimate of drug-likeness (QED) is 0.354. The molecule has 184 valence electrons. The number of hydrogen-bond donors (Lipinski definition) is 1. The smallest absolute Gasteiger partial charge is 0.268 e. The number of rotatable bonds is 8. The zero-order chi connectivity index (χ0) is 25.9. The van der Waals surface area contributed by atoms with E-state index in [-0.39, 0.29) is 15.9 Å². The summed E-state index contributed by atoms with van der Waals surface area (Å²) in [6, 6.07) is 9.17. The Morgan fingerprint density at radius 2 is 1.94 bits per heavy atom. The van der Waals surface area contributed by atoms with Crippen LogP contribution in [0.3, 0.4) is 0 Å². The third-order valence-corrected chi connectivity index (χ3v) is 7.94. The number of sulfone groups is 1. The summed E-state index contributed by atoms with van der Waals surface area (Å²) in [6.07, 6.45) is 1.47. The minimum atomic E-state index is -3.68. The van der Waals surface area contributed by atoms with E-state index in [9.17, 15) is 18.5 Å². The Kier molecular flexibility index (Phi) is 7.62. The van der Waals surface area contributed by atoms with Crippen LogP contribution in [0.2, 0.25) is 0 Å². The molecule has 0 saturated heterocycles. The molecule has 12 heteroatoms. The standard InChI is InChI=1S/C23H25N5O5S2/c1-13(2)35(30,31)23-26-22(34-27-23)25-21(29)17(12-24)10-16-9-14(3)28(15(16)4)19-11-18(32-5)7-8-20(19)33-6/h7-11,13H,1-6H3,(H,25,26,27,29). The van der Waals surface area contributed by atoms with Crippen molar-refractivity contribution in [2.24, 2.45) is 0 Å². The molecule has 3 rings (SSSR count). The lowest BCUT2D eigenvalue weighted by Gasteiger charge is -2.15. The van der Waals surface area contributed by atoms with Crippen molar-refractivity contribution in [1.82, 2.24) is 13.9 Å². The number of aromatic nitrogens is 3.